The Labute approximate surface area is 124 Å². The van der Waals surface area contributed by atoms with Gasteiger partial charge in [0.15, 0.2) is 0 Å². The Morgan fingerprint density at radius 1 is 1.20 bits per heavy atom. The zero-order valence-electron chi connectivity index (χ0n) is 11.9. The Morgan fingerprint density at radius 2 is 1.85 bits per heavy atom. The second-order valence-electron chi connectivity index (χ2n) is 4.97. The summed E-state index contributed by atoms with van der Waals surface area (Å²) in [5.41, 5.74) is 7.69. The molecule has 0 amide bonds. The van der Waals surface area contributed by atoms with E-state index in [9.17, 15) is 0 Å². The van der Waals surface area contributed by atoms with Crippen LogP contribution in [0.2, 0.25) is 5.02 Å². The molecule has 0 bridgehead atoms. The number of hydrogen-bond acceptors (Lipinski definition) is 4. The molecule has 0 unspecified atom stereocenters. The highest BCUT2D eigenvalue weighted by molar-refractivity contribution is 6.30. The van der Waals surface area contributed by atoms with Crippen molar-refractivity contribution in [1.82, 2.24) is 9.97 Å². The molecule has 0 saturated carbocycles. The molecule has 106 valence electrons. The number of anilines is 1. The Kier molecular flexibility index (Phi) is 4.45. The average molecular weight is 292 g/mol. The van der Waals surface area contributed by atoms with Crippen LogP contribution in [0.3, 0.4) is 0 Å². The molecular formula is C15H18ClN3O. The molecule has 0 spiro atoms. The second-order valence-corrected chi connectivity index (χ2v) is 5.40. The Bertz CT molecular complexity index is 597. The van der Waals surface area contributed by atoms with Gasteiger partial charge in [-0.1, -0.05) is 37.6 Å². The fourth-order valence-electron chi connectivity index (χ4n) is 1.66. The molecule has 2 rings (SSSR count). The van der Waals surface area contributed by atoms with Gasteiger partial charge in [0.2, 0.25) is 5.88 Å². The van der Waals surface area contributed by atoms with Crippen molar-refractivity contribution in [3.8, 4) is 5.88 Å². The summed E-state index contributed by atoms with van der Waals surface area (Å²) in [5, 5.41) is 0.707. The van der Waals surface area contributed by atoms with E-state index in [0.29, 0.717) is 29.2 Å². The number of nitrogen functional groups attached to an aromatic ring is 1. The van der Waals surface area contributed by atoms with E-state index in [1.807, 2.05) is 45.0 Å². The van der Waals surface area contributed by atoms with Gasteiger partial charge in [-0.2, -0.15) is 4.98 Å². The lowest BCUT2D eigenvalue weighted by Crippen LogP contribution is -2.08. The smallest absolute Gasteiger partial charge is 0.222 e. The van der Waals surface area contributed by atoms with Crippen LogP contribution in [0.25, 0.3) is 0 Å². The van der Waals surface area contributed by atoms with Gasteiger partial charge in [-0.05, 0) is 24.6 Å². The van der Waals surface area contributed by atoms with Crippen molar-refractivity contribution in [2.45, 2.75) is 33.3 Å². The lowest BCUT2D eigenvalue weighted by Gasteiger charge is -2.12. The second kappa shape index (κ2) is 6.09. The van der Waals surface area contributed by atoms with Crippen LogP contribution in [0, 0.1) is 6.92 Å². The summed E-state index contributed by atoms with van der Waals surface area (Å²) < 4.78 is 5.76. The average Bonchev–Trinajstić information content (AvgIpc) is 2.42. The highest BCUT2D eigenvalue weighted by Gasteiger charge is 2.12. The van der Waals surface area contributed by atoms with Gasteiger partial charge in [-0.3, -0.25) is 0 Å². The molecule has 2 aromatic rings. The van der Waals surface area contributed by atoms with Crippen molar-refractivity contribution in [3.63, 3.8) is 0 Å². The minimum absolute atomic E-state index is 0.204. The minimum atomic E-state index is 0.204. The van der Waals surface area contributed by atoms with Crippen LogP contribution in [0.4, 0.5) is 5.82 Å². The molecule has 5 heteroatoms. The number of aromatic nitrogens is 2. The zero-order valence-corrected chi connectivity index (χ0v) is 12.6. The van der Waals surface area contributed by atoms with E-state index in [1.165, 1.54) is 0 Å². The van der Waals surface area contributed by atoms with Crippen molar-refractivity contribution in [2.24, 2.45) is 0 Å². The lowest BCUT2D eigenvalue weighted by molar-refractivity contribution is 0.289. The van der Waals surface area contributed by atoms with E-state index in [2.05, 4.69) is 9.97 Å². The van der Waals surface area contributed by atoms with E-state index < -0.39 is 0 Å². The predicted molar refractivity (Wildman–Crippen MR) is 81.1 cm³/mol. The summed E-state index contributed by atoms with van der Waals surface area (Å²) in [7, 11) is 0. The number of ether oxygens (including phenoxy) is 1. The van der Waals surface area contributed by atoms with Crippen LogP contribution < -0.4 is 10.5 Å². The Morgan fingerprint density at radius 3 is 2.45 bits per heavy atom. The molecule has 0 radical (unpaired) electrons. The summed E-state index contributed by atoms with van der Waals surface area (Å²) in [5.74, 6) is 1.90. The molecule has 1 aromatic heterocycles. The van der Waals surface area contributed by atoms with Gasteiger partial charge in [0.25, 0.3) is 0 Å². The van der Waals surface area contributed by atoms with E-state index in [1.54, 1.807) is 0 Å². The normalized spacial score (nSPS) is 10.8. The van der Waals surface area contributed by atoms with Gasteiger partial charge < -0.3 is 10.5 Å². The maximum absolute atomic E-state index is 5.90. The molecule has 0 aliphatic rings. The van der Waals surface area contributed by atoms with Gasteiger partial charge in [0, 0.05) is 10.9 Å². The van der Waals surface area contributed by atoms with Crippen molar-refractivity contribution in [3.05, 3.63) is 46.2 Å². The first-order valence-corrected chi connectivity index (χ1v) is 6.86. The Hall–Kier alpha value is -1.81. The van der Waals surface area contributed by atoms with Crippen molar-refractivity contribution >= 4 is 17.4 Å². The van der Waals surface area contributed by atoms with Crippen LogP contribution in [-0.4, -0.2) is 9.97 Å². The zero-order chi connectivity index (χ0) is 14.7. The van der Waals surface area contributed by atoms with Gasteiger partial charge in [0.05, 0.1) is 5.56 Å². The van der Waals surface area contributed by atoms with E-state index >= 15 is 0 Å². The summed E-state index contributed by atoms with van der Waals surface area (Å²) in [6.07, 6.45) is 0. The van der Waals surface area contributed by atoms with Gasteiger partial charge >= 0.3 is 0 Å². The molecule has 20 heavy (non-hydrogen) atoms. The minimum Gasteiger partial charge on any atom is -0.472 e. The standard InChI is InChI=1S/C15H18ClN3O/c1-9(2)14-18-13(17)10(3)15(19-14)20-8-11-4-6-12(16)7-5-11/h4-7,9H,8H2,1-3H3,(H2,17,18,19). The fourth-order valence-corrected chi connectivity index (χ4v) is 1.79. The van der Waals surface area contributed by atoms with E-state index in [4.69, 9.17) is 22.1 Å². The lowest BCUT2D eigenvalue weighted by atomic mass is 10.2. The quantitative estimate of drug-likeness (QED) is 0.932. The molecule has 1 aromatic carbocycles. The molecule has 0 atom stereocenters. The van der Waals surface area contributed by atoms with Crippen molar-refractivity contribution in [2.75, 3.05) is 5.73 Å². The monoisotopic (exact) mass is 291 g/mol. The third kappa shape index (κ3) is 3.39. The van der Waals surface area contributed by atoms with Crippen LogP contribution >= 0.6 is 11.6 Å². The molecule has 0 fully saturated rings. The van der Waals surface area contributed by atoms with E-state index in [0.717, 1.165) is 11.1 Å². The van der Waals surface area contributed by atoms with Crippen molar-refractivity contribution in [1.29, 1.82) is 0 Å². The van der Waals surface area contributed by atoms with Crippen LogP contribution in [0.1, 0.15) is 36.7 Å². The topological polar surface area (TPSA) is 61.0 Å². The number of nitrogens with zero attached hydrogens (tertiary/aromatic N) is 2. The summed E-state index contributed by atoms with van der Waals surface area (Å²) in [4.78, 5) is 8.69. The highest BCUT2D eigenvalue weighted by Crippen LogP contribution is 2.23. The molecule has 2 N–H and O–H groups in total. The molecular weight excluding hydrogens is 274 g/mol. The molecule has 0 aliphatic carbocycles. The van der Waals surface area contributed by atoms with Crippen LogP contribution in [0.15, 0.2) is 24.3 Å². The Balaban J connectivity index is 2.18. The first-order chi connectivity index (χ1) is 9.47. The summed E-state index contributed by atoms with van der Waals surface area (Å²) in [6, 6.07) is 7.51. The number of halogens is 1. The van der Waals surface area contributed by atoms with Gasteiger partial charge in [-0.15, -0.1) is 0 Å². The van der Waals surface area contributed by atoms with Crippen LogP contribution in [-0.2, 0) is 6.61 Å². The molecule has 1 heterocycles. The number of rotatable bonds is 4. The molecule has 0 aliphatic heterocycles. The fraction of sp³-hybridized carbons (Fsp3) is 0.333. The van der Waals surface area contributed by atoms with Gasteiger partial charge in [0.1, 0.15) is 18.2 Å². The largest absolute Gasteiger partial charge is 0.472 e. The first-order valence-electron chi connectivity index (χ1n) is 6.48. The van der Waals surface area contributed by atoms with Crippen molar-refractivity contribution < 1.29 is 4.74 Å². The highest BCUT2D eigenvalue weighted by atomic mass is 35.5. The molecule has 0 saturated heterocycles. The van der Waals surface area contributed by atoms with Crippen LogP contribution in [0.5, 0.6) is 5.88 Å². The molecule has 4 nitrogen and oxygen atoms in total. The van der Waals surface area contributed by atoms with Gasteiger partial charge in [-0.25, -0.2) is 4.98 Å². The third-order valence-electron chi connectivity index (χ3n) is 2.96. The number of benzene rings is 1. The summed E-state index contributed by atoms with van der Waals surface area (Å²) >= 11 is 5.85. The number of hydrogen-bond donors (Lipinski definition) is 1. The predicted octanol–water partition coefficient (Wildman–Crippen LogP) is 3.72. The first kappa shape index (κ1) is 14.6. The van der Waals surface area contributed by atoms with E-state index in [-0.39, 0.29) is 5.92 Å². The summed E-state index contributed by atoms with van der Waals surface area (Å²) in [6.45, 7) is 6.32. The maximum Gasteiger partial charge on any atom is 0.222 e. The number of nitrogens with two attached hydrogens (primary N) is 1. The SMILES string of the molecule is Cc1c(N)nc(C(C)C)nc1OCc1ccc(Cl)cc1. The maximum atomic E-state index is 5.90. The third-order valence-corrected chi connectivity index (χ3v) is 3.21.